The predicted molar refractivity (Wildman–Crippen MR) is 103 cm³/mol. The van der Waals surface area contributed by atoms with E-state index in [1.165, 1.54) is 23.4 Å². The van der Waals surface area contributed by atoms with Crippen LogP contribution in [-0.2, 0) is 13.0 Å². The molecule has 134 valence electrons. The molecule has 4 rings (SSSR count). The van der Waals surface area contributed by atoms with Gasteiger partial charge in [-0.1, -0.05) is 11.6 Å². The number of rotatable bonds is 2. The number of allylic oxidation sites excluding steroid dienone is 1. The van der Waals surface area contributed by atoms with Crippen molar-refractivity contribution in [3.63, 3.8) is 0 Å². The smallest absolute Gasteiger partial charge is 0.133 e. The molecule has 0 fully saturated rings. The Morgan fingerprint density at radius 1 is 1.15 bits per heavy atom. The molecule has 0 atom stereocenters. The third-order valence-corrected chi connectivity index (χ3v) is 5.25. The highest BCUT2D eigenvalue weighted by Gasteiger charge is 2.22. The van der Waals surface area contributed by atoms with Crippen molar-refractivity contribution in [3.05, 3.63) is 69.9 Å². The summed E-state index contributed by atoms with van der Waals surface area (Å²) in [6, 6.07) is 9.56. The number of halogens is 3. The van der Waals surface area contributed by atoms with Gasteiger partial charge in [0.15, 0.2) is 0 Å². The first-order chi connectivity index (χ1) is 12.4. The van der Waals surface area contributed by atoms with Crippen LogP contribution in [0.4, 0.5) is 8.78 Å². The van der Waals surface area contributed by atoms with Crippen molar-refractivity contribution in [1.29, 1.82) is 0 Å². The van der Waals surface area contributed by atoms with Crippen molar-refractivity contribution in [1.82, 2.24) is 9.47 Å². The van der Waals surface area contributed by atoms with Crippen LogP contribution in [0.3, 0.4) is 0 Å². The fraction of sp³-hybridized carbons (Fsp3) is 0.238. The monoisotopic (exact) mass is 372 g/mol. The van der Waals surface area contributed by atoms with E-state index in [0.717, 1.165) is 42.1 Å². The van der Waals surface area contributed by atoms with Crippen LogP contribution in [0.2, 0.25) is 5.02 Å². The Kier molecular flexibility index (Phi) is 4.33. The fourth-order valence-electron chi connectivity index (χ4n) is 3.72. The third kappa shape index (κ3) is 2.93. The first-order valence-corrected chi connectivity index (χ1v) is 8.95. The molecule has 2 heterocycles. The molecule has 2 aromatic carbocycles. The number of hydrogen-bond acceptors (Lipinski definition) is 1. The SMILES string of the molecule is C/C(=C\n1c2c(c3cc(Cl)ccc31)CN(C)CC2)c1ccc(F)cc1F. The molecule has 5 heteroatoms. The molecule has 0 amide bonds. The summed E-state index contributed by atoms with van der Waals surface area (Å²) in [6.45, 7) is 3.67. The van der Waals surface area contributed by atoms with E-state index in [2.05, 4.69) is 16.5 Å². The Morgan fingerprint density at radius 2 is 1.96 bits per heavy atom. The fourth-order valence-corrected chi connectivity index (χ4v) is 3.89. The summed E-state index contributed by atoms with van der Waals surface area (Å²) in [5.74, 6) is -1.12. The number of nitrogens with zero attached hydrogens (tertiary/aromatic N) is 2. The van der Waals surface area contributed by atoms with E-state index >= 15 is 0 Å². The summed E-state index contributed by atoms with van der Waals surface area (Å²) in [6.07, 6.45) is 2.85. The van der Waals surface area contributed by atoms with Crippen molar-refractivity contribution in [3.8, 4) is 0 Å². The minimum Gasteiger partial charge on any atom is -0.320 e. The zero-order valence-corrected chi connectivity index (χ0v) is 15.4. The lowest BCUT2D eigenvalue weighted by atomic mass is 10.0. The molecule has 0 saturated heterocycles. The zero-order valence-electron chi connectivity index (χ0n) is 14.7. The largest absolute Gasteiger partial charge is 0.320 e. The molecule has 0 unspecified atom stereocenters. The number of benzene rings is 2. The van der Waals surface area contributed by atoms with Gasteiger partial charge in [-0.05, 0) is 55.4 Å². The lowest BCUT2D eigenvalue weighted by molar-refractivity contribution is 0.312. The molecule has 0 bridgehead atoms. The van der Waals surface area contributed by atoms with Gasteiger partial charge in [0, 0.05) is 53.4 Å². The molecule has 2 nitrogen and oxygen atoms in total. The second-order valence-electron chi connectivity index (χ2n) is 6.88. The van der Waals surface area contributed by atoms with Crippen LogP contribution in [0.15, 0.2) is 36.4 Å². The molecule has 1 aliphatic heterocycles. The van der Waals surface area contributed by atoms with Gasteiger partial charge in [0.25, 0.3) is 0 Å². The normalized spacial score (nSPS) is 15.5. The highest BCUT2D eigenvalue weighted by Crippen LogP contribution is 2.33. The van der Waals surface area contributed by atoms with Crippen molar-refractivity contribution in [2.75, 3.05) is 13.6 Å². The highest BCUT2D eigenvalue weighted by atomic mass is 35.5. The van der Waals surface area contributed by atoms with E-state index in [9.17, 15) is 8.78 Å². The quantitative estimate of drug-likeness (QED) is 0.570. The zero-order chi connectivity index (χ0) is 18.4. The standard InChI is InChI=1S/C21H19ClF2N2/c1-13(16-5-4-15(23)10-19(16)24)11-26-20-6-3-14(22)9-17(20)18-12-25(2)8-7-21(18)26/h3-6,9-11H,7-8,12H2,1-2H3/b13-11+. The van der Waals surface area contributed by atoms with Gasteiger partial charge >= 0.3 is 0 Å². The van der Waals surface area contributed by atoms with E-state index in [1.807, 2.05) is 31.3 Å². The van der Waals surface area contributed by atoms with Crippen LogP contribution in [0.25, 0.3) is 22.7 Å². The molecule has 1 aliphatic rings. The van der Waals surface area contributed by atoms with Crippen molar-refractivity contribution < 1.29 is 8.78 Å². The molecular weight excluding hydrogens is 354 g/mol. The number of aromatic nitrogens is 1. The Bertz CT molecular complexity index is 1040. The molecule has 0 saturated carbocycles. The Balaban J connectivity index is 1.91. The topological polar surface area (TPSA) is 8.17 Å². The van der Waals surface area contributed by atoms with Crippen LogP contribution in [0.5, 0.6) is 0 Å². The summed E-state index contributed by atoms with van der Waals surface area (Å²) < 4.78 is 29.5. The minimum absolute atomic E-state index is 0.406. The summed E-state index contributed by atoms with van der Waals surface area (Å²) in [4.78, 5) is 2.28. The molecular formula is C21H19ClF2N2. The first kappa shape index (κ1) is 17.3. The lowest BCUT2D eigenvalue weighted by Gasteiger charge is -2.23. The summed E-state index contributed by atoms with van der Waals surface area (Å²) in [7, 11) is 2.10. The number of hydrogen-bond donors (Lipinski definition) is 0. The maximum atomic E-state index is 14.2. The van der Waals surface area contributed by atoms with Gasteiger partial charge in [0.2, 0.25) is 0 Å². The summed E-state index contributed by atoms with van der Waals surface area (Å²) in [5, 5.41) is 1.83. The second-order valence-corrected chi connectivity index (χ2v) is 7.32. The Hall–Kier alpha value is -2.17. The molecule has 0 radical (unpaired) electrons. The third-order valence-electron chi connectivity index (χ3n) is 5.02. The second kappa shape index (κ2) is 6.53. The van der Waals surface area contributed by atoms with Crippen LogP contribution in [-0.4, -0.2) is 23.1 Å². The van der Waals surface area contributed by atoms with Gasteiger partial charge in [-0.3, -0.25) is 0 Å². The molecule has 0 N–H and O–H groups in total. The average molecular weight is 373 g/mol. The van der Waals surface area contributed by atoms with Gasteiger partial charge in [-0.15, -0.1) is 0 Å². The highest BCUT2D eigenvalue weighted by molar-refractivity contribution is 6.31. The van der Waals surface area contributed by atoms with Crippen LogP contribution in [0.1, 0.15) is 23.7 Å². The van der Waals surface area contributed by atoms with Gasteiger partial charge in [0.1, 0.15) is 11.6 Å². The van der Waals surface area contributed by atoms with Crippen LogP contribution >= 0.6 is 11.6 Å². The molecule has 3 aromatic rings. The molecule has 0 spiro atoms. The van der Waals surface area contributed by atoms with Crippen LogP contribution < -0.4 is 0 Å². The number of likely N-dealkylation sites (N-methyl/N-ethyl adjacent to an activating group) is 1. The van der Waals surface area contributed by atoms with Gasteiger partial charge < -0.3 is 9.47 Å². The van der Waals surface area contributed by atoms with E-state index in [-0.39, 0.29) is 0 Å². The van der Waals surface area contributed by atoms with E-state index in [4.69, 9.17) is 11.6 Å². The maximum absolute atomic E-state index is 14.2. The summed E-state index contributed by atoms with van der Waals surface area (Å²) >= 11 is 6.22. The van der Waals surface area contributed by atoms with Crippen molar-refractivity contribution in [2.45, 2.75) is 19.9 Å². The molecule has 26 heavy (non-hydrogen) atoms. The summed E-state index contributed by atoms with van der Waals surface area (Å²) in [5.41, 5.74) is 4.69. The van der Waals surface area contributed by atoms with Gasteiger partial charge in [-0.2, -0.15) is 0 Å². The average Bonchev–Trinajstić information content (AvgIpc) is 2.87. The first-order valence-electron chi connectivity index (χ1n) is 8.57. The van der Waals surface area contributed by atoms with Gasteiger partial charge in [-0.25, -0.2) is 8.78 Å². The van der Waals surface area contributed by atoms with Gasteiger partial charge in [0.05, 0.1) is 5.52 Å². The van der Waals surface area contributed by atoms with E-state index in [1.54, 1.807) is 0 Å². The van der Waals surface area contributed by atoms with Crippen molar-refractivity contribution >= 4 is 34.3 Å². The predicted octanol–water partition coefficient (Wildman–Crippen LogP) is 5.58. The molecule has 1 aromatic heterocycles. The molecule has 0 aliphatic carbocycles. The van der Waals surface area contributed by atoms with E-state index < -0.39 is 11.6 Å². The van der Waals surface area contributed by atoms with Crippen molar-refractivity contribution in [2.24, 2.45) is 0 Å². The van der Waals surface area contributed by atoms with Crippen LogP contribution in [0, 0.1) is 11.6 Å². The Morgan fingerprint density at radius 3 is 2.73 bits per heavy atom. The Labute approximate surface area is 156 Å². The maximum Gasteiger partial charge on any atom is 0.133 e. The minimum atomic E-state index is -0.569. The van der Waals surface area contributed by atoms with E-state index in [0.29, 0.717) is 10.6 Å². The lowest BCUT2D eigenvalue weighted by Crippen LogP contribution is -2.26. The number of fused-ring (bicyclic) bond motifs is 3.